The molecule has 0 aromatic heterocycles. The number of thioether (sulfide) groups is 1. The first-order valence-electron chi connectivity index (χ1n) is 5.78. The molecule has 20 heavy (non-hydrogen) atoms. The summed E-state index contributed by atoms with van der Waals surface area (Å²) in [7, 11) is 0. The predicted octanol–water partition coefficient (Wildman–Crippen LogP) is 4.52. The topological polar surface area (TPSA) is 55.1 Å². The van der Waals surface area contributed by atoms with Crippen LogP contribution in [0.1, 0.15) is 0 Å². The van der Waals surface area contributed by atoms with Crippen LogP contribution in [0.5, 0.6) is 0 Å². The van der Waals surface area contributed by atoms with Crippen LogP contribution < -0.4 is 11.1 Å². The van der Waals surface area contributed by atoms with Gasteiger partial charge in [0, 0.05) is 19.5 Å². The van der Waals surface area contributed by atoms with Crippen molar-refractivity contribution in [3.8, 4) is 0 Å². The minimum Gasteiger partial charge on any atom is -0.399 e. The summed E-state index contributed by atoms with van der Waals surface area (Å²) < 4.78 is 1.78. The number of amides is 1. The first-order valence-corrected chi connectivity index (χ1v) is 8.35. The van der Waals surface area contributed by atoms with Gasteiger partial charge >= 0.3 is 0 Å². The molecule has 0 fully saturated rings. The van der Waals surface area contributed by atoms with Crippen LogP contribution in [-0.2, 0) is 4.79 Å². The normalized spacial score (nSPS) is 10.3. The number of hydrogen-bond acceptors (Lipinski definition) is 3. The molecule has 0 aliphatic rings. The van der Waals surface area contributed by atoms with E-state index in [1.54, 1.807) is 18.2 Å². The Morgan fingerprint density at radius 3 is 2.70 bits per heavy atom. The van der Waals surface area contributed by atoms with Gasteiger partial charge in [-0.25, -0.2) is 0 Å². The zero-order valence-electron chi connectivity index (χ0n) is 10.4. The number of benzene rings is 2. The summed E-state index contributed by atoms with van der Waals surface area (Å²) in [5.74, 6) is 0.299. The van der Waals surface area contributed by atoms with Crippen molar-refractivity contribution in [2.75, 3.05) is 16.8 Å². The molecule has 0 radical (unpaired) electrons. The lowest BCUT2D eigenvalue weighted by Gasteiger charge is -2.08. The minimum absolute atomic E-state index is 0.0551. The molecule has 3 N–H and O–H groups in total. The molecular weight excluding hydrogens is 404 g/mol. The fraction of sp³-hybridized carbons (Fsp3) is 0.0714. The summed E-state index contributed by atoms with van der Waals surface area (Å²) in [6.45, 7) is 0. The van der Waals surface area contributed by atoms with E-state index in [-0.39, 0.29) is 5.91 Å². The fourth-order valence-corrected chi connectivity index (χ4v) is 3.33. The van der Waals surface area contributed by atoms with Crippen molar-refractivity contribution in [2.24, 2.45) is 0 Å². The van der Waals surface area contributed by atoms with Crippen LogP contribution in [0.3, 0.4) is 0 Å². The number of hydrogen-bond donors (Lipinski definition) is 2. The van der Waals surface area contributed by atoms with Crippen molar-refractivity contribution < 1.29 is 4.79 Å². The van der Waals surface area contributed by atoms with Gasteiger partial charge in [0.2, 0.25) is 5.91 Å². The third-order valence-electron chi connectivity index (χ3n) is 2.43. The maximum atomic E-state index is 11.9. The Labute approximate surface area is 138 Å². The molecule has 104 valence electrons. The van der Waals surface area contributed by atoms with Crippen LogP contribution >= 0.6 is 43.6 Å². The lowest BCUT2D eigenvalue weighted by Crippen LogP contribution is -2.14. The van der Waals surface area contributed by atoms with E-state index in [2.05, 4.69) is 37.2 Å². The number of nitrogens with one attached hydrogen (secondary N) is 1. The molecule has 0 aliphatic carbocycles. The van der Waals surface area contributed by atoms with Gasteiger partial charge < -0.3 is 11.1 Å². The lowest BCUT2D eigenvalue weighted by atomic mass is 10.3. The standard InChI is InChI=1S/C14H12Br2N2OS/c15-9-2-1-3-11(6-9)20-8-14(19)18-13-5-4-10(17)7-12(13)16/h1-7H,8,17H2,(H,18,19). The molecule has 1 amide bonds. The second-order valence-corrected chi connectivity index (χ2v) is 6.85. The van der Waals surface area contributed by atoms with Gasteiger partial charge in [-0.2, -0.15) is 0 Å². The first-order chi connectivity index (χ1) is 9.54. The molecule has 0 aliphatic heterocycles. The monoisotopic (exact) mass is 414 g/mol. The molecular formula is C14H12Br2N2OS. The highest BCUT2D eigenvalue weighted by Gasteiger charge is 2.07. The summed E-state index contributed by atoms with van der Waals surface area (Å²) >= 11 is 8.27. The summed E-state index contributed by atoms with van der Waals surface area (Å²) in [6, 6.07) is 13.1. The third kappa shape index (κ3) is 4.54. The SMILES string of the molecule is Nc1ccc(NC(=O)CSc2cccc(Br)c2)c(Br)c1. The van der Waals surface area contributed by atoms with Crippen molar-refractivity contribution in [1.82, 2.24) is 0 Å². The average Bonchev–Trinajstić information content (AvgIpc) is 2.40. The van der Waals surface area contributed by atoms with Gasteiger partial charge in [0.1, 0.15) is 0 Å². The van der Waals surface area contributed by atoms with Crippen LogP contribution in [0.4, 0.5) is 11.4 Å². The molecule has 0 unspecified atom stereocenters. The first kappa shape index (κ1) is 15.4. The number of nitrogens with two attached hydrogens (primary N) is 1. The predicted molar refractivity (Wildman–Crippen MR) is 92.1 cm³/mol. The molecule has 2 aromatic rings. The lowest BCUT2D eigenvalue weighted by molar-refractivity contribution is -0.113. The third-order valence-corrected chi connectivity index (χ3v) is 4.58. The summed E-state index contributed by atoms with van der Waals surface area (Å²) in [6.07, 6.45) is 0. The molecule has 3 nitrogen and oxygen atoms in total. The largest absolute Gasteiger partial charge is 0.399 e. The number of halogens is 2. The summed E-state index contributed by atoms with van der Waals surface area (Å²) in [5.41, 5.74) is 7.03. The number of carbonyl (C=O) groups is 1. The Bertz CT molecular complexity index is 634. The van der Waals surface area contributed by atoms with Crippen molar-refractivity contribution >= 4 is 60.9 Å². The average molecular weight is 416 g/mol. The number of rotatable bonds is 4. The molecule has 0 saturated heterocycles. The van der Waals surface area contributed by atoms with Crippen LogP contribution in [0.15, 0.2) is 56.3 Å². The van der Waals surface area contributed by atoms with Crippen molar-refractivity contribution in [1.29, 1.82) is 0 Å². The minimum atomic E-state index is -0.0551. The molecule has 0 spiro atoms. The highest BCUT2D eigenvalue weighted by molar-refractivity contribution is 9.10. The van der Waals surface area contributed by atoms with E-state index >= 15 is 0 Å². The van der Waals surface area contributed by atoms with Crippen LogP contribution in [-0.4, -0.2) is 11.7 Å². The maximum absolute atomic E-state index is 11.9. The molecule has 6 heteroatoms. The maximum Gasteiger partial charge on any atom is 0.234 e. The number of anilines is 2. The van der Waals surface area contributed by atoms with Crippen molar-refractivity contribution in [3.63, 3.8) is 0 Å². The van der Waals surface area contributed by atoms with E-state index in [0.29, 0.717) is 11.4 Å². The van der Waals surface area contributed by atoms with Gasteiger partial charge in [-0.05, 0) is 52.3 Å². The molecule has 0 saturated carbocycles. The summed E-state index contributed by atoms with van der Waals surface area (Å²) in [5, 5.41) is 2.85. The van der Waals surface area contributed by atoms with E-state index in [4.69, 9.17) is 5.73 Å². The van der Waals surface area contributed by atoms with Gasteiger partial charge in [0.15, 0.2) is 0 Å². The Balaban J connectivity index is 1.92. The van der Waals surface area contributed by atoms with E-state index in [0.717, 1.165) is 19.5 Å². The van der Waals surface area contributed by atoms with Crippen molar-refractivity contribution in [2.45, 2.75) is 4.90 Å². The fourth-order valence-electron chi connectivity index (χ4n) is 1.52. The Kier molecular flexibility index (Phi) is 5.51. The van der Waals surface area contributed by atoms with Gasteiger partial charge in [0.25, 0.3) is 0 Å². The highest BCUT2D eigenvalue weighted by atomic mass is 79.9. The van der Waals surface area contributed by atoms with E-state index in [9.17, 15) is 4.79 Å². The smallest absolute Gasteiger partial charge is 0.234 e. The quantitative estimate of drug-likeness (QED) is 0.569. The highest BCUT2D eigenvalue weighted by Crippen LogP contribution is 2.26. The van der Waals surface area contributed by atoms with Crippen molar-refractivity contribution in [3.05, 3.63) is 51.4 Å². The number of nitrogen functional groups attached to an aromatic ring is 1. The van der Waals surface area contributed by atoms with E-state index in [1.807, 2.05) is 24.3 Å². The Morgan fingerprint density at radius 1 is 1.20 bits per heavy atom. The number of carbonyl (C=O) groups excluding carboxylic acids is 1. The van der Waals surface area contributed by atoms with Gasteiger partial charge in [-0.3, -0.25) is 4.79 Å². The van der Waals surface area contributed by atoms with E-state index in [1.165, 1.54) is 11.8 Å². The van der Waals surface area contributed by atoms with Gasteiger partial charge in [-0.15, -0.1) is 11.8 Å². The second-order valence-electron chi connectivity index (χ2n) is 4.03. The molecule has 2 rings (SSSR count). The molecule has 0 bridgehead atoms. The van der Waals surface area contributed by atoms with Gasteiger partial charge in [-0.1, -0.05) is 22.0 Å². The zero-order chi connectivity index (χ0) is 14.5. The molecule has 0 atom stereocenters. The molecule has 0 heterocycles. The zero-order valence-corrected chi connectivity index (χ0v) is 14.4. The second kappa shape index (κ2) is 7.15. The van der Waals surface area contributed by atoms with Gasteiger partial charge in [0.05, 0.1) is 11.4 Å². The molecule has 2 aromatic carbocycles. The van der Waals surface area contributed by atoms with E-state index < -0.39 is 0 Å². The Hall–Kier alpha value is -0.980. The van der Waals surface area contributed by atoms with Crippen LogP contribution in [0.25, 0.3) is 0 Å². The van der Waals surface area contributed by atoms with Crippen LogP contribution in [0.2, 0.25) is 0 Å². The summed E-state index contributed by atoms with van der Waals surface area (Å²) in [4.78, 5) is 13.0. The Morgan fingerprint density at radius 2 is 2.00 bits per heavy atom. The van der Waals surface area contributed by atoms with Crippen LogP contribution in [0, 0.1) is 0 Å².